The maximum absolute atomic E-state index is 11.5. The van der Waals surface area contributed by atoms with E-state index in [9.17, 15) is 13.2 Å². The molecule has 0 aromatic carbocycles. The summed E-state index contributed by atoms with van der Waals surface area (Å²) in [5, 5.41) is 19.8. The Morgan fingerprint density at radius 3 is 2.67 bits per heavy atom. The van der Waals surface area contributed by atoms with E-state index in [1.54, 1.807) is 0 Å². The molecule has 2 N–H and O–H groups in total. The fourth-order valence-corrected chi connectivity index (χ4v) is 3.93. The topological polar surface area (TPSA) is 142 Å². The molecule has 1 spiro atoms. The number of amides is 1. The van der Waals surface area contributed by atoms with Gasteiger partial charge in [0.05, 0.1) is 6.20 Å². The minimum absolute atomic E-state index is 0.0194. The van der Waals surface area contributed by atoms with E-state index < -0.39 is 15.9 Å². The second-order valence-electron chi connectivity index (χ2n) is 6.46. The van der Waals surface area contributed by atoms with Crippen LogP contribution in [0.3, 0.4) is 0 Å². The van der Waals surface area contributed by atoms with Gasteiger partial charge in [-0.1, -0.05) is 0 Å². The first kappa shape index (κ1) is 16.4. The molecule has 128 valence electrons. The molecule has 0 radical (unpaired) electrons. The lowest BCUT2D eigenvalue weighted by molar-refractivity contribution is -0.0853. The zero-order chi connectivity index (χ0) is 17.5. The number of hydrogen-bond donors (Lipinski definition) is 2. The van der Waals surface area contributed by atoms with Gasteiger partial charge >= 0.3 is 6.09 Å². The van der Waals surface area contributed by atoms with Crippen molar-refractivity contribution in [2.24, 2.45) is 5.41 Å². The number of ether oxygens (including phenoxy) is 1. The summed E-state index contributed by atoms with van der Waals surface area (Å²) in [7, 11) is -3.59. The van der Waals surface area contributed by atoms with E-state index in [0.29, 0.717) is 0 Å². The summed E-state index contributed by atoms with van der Waals surface area (Å²) >= 11 is 0. The molecule has 2 aliphatic carbocycles. The van der Waals surface area contributed by atoms with Gasteiger partial charge in [0.1, 0.15) is 17.7 Å². The Morgan fingerprint density at radius 1 is 1.46 bits per heavy atom. The lowest BCUT2D eigenvalue weighted by Gasteiger charge is -2.56. The molecule has 2 fully saturated rings. The molecule has 1 amide bonds. The molecule has 9 nitrogen and oxygen atoms in total. The van der Waals surface area contributed by atoms with Gasteiger partial charge in [-0.15, -0.1) is 0 Å². The summed E-state index contributed by atoms with van der Waals surface area (Å²) in [6.07, 6.45) is 3.94. The van der Waals surface area contributed by atoms with E-state index in [4.69, 9.17) is 15.1 Å². The summed E-state index contributed by atoms with van der Waals surface area (Å²) in [6.45, 7) is 0. The molecule has 2 saturated carbocycles. The molecule has 24 heavy (non-hydrogen) atoms. The Bertz CT molecular complexity index is 818. The maximum atomic E-state index is 11.5. The van der Waals surface area contributed by atoms with Gasteiger partial charge in [-0.25, -0.2) is 18.2 Å². The average molecular weight is 352 g/mol. The molecule has 1 heterocycles. The first-order valence-electron chi connectivity index (χ1n) is 7.34. The molecular formula is C14H16N4O5S. The van der Waals surface area contributed by atoms with Gasteiger partial charge in [-0.2, -0.15) is 10.2 Å². The molecule has 1 aromatic rings. The number of sulfone groups is 1. The van der Waals surface area contributed by atoms with Crippen molar-refractivity contribution in [3.05, 3.63) is 11.8 Å². The van der Waals surface area contributed by atoms with Crippen LogP contribution in [-0.2, 0) is 9.84 Å². The van der Waals surface area contributed by atoms with Crippen molar-refractivity contribution in [1.82, 2.24) is 15.3 Å². The van der Waals surface area contributed by atoms with Crippen molar-refractivity contribution in [3.63, 3.8) is 0 Å². The van der Waals surface area contributed by atoms with Crippen molar-refractivity contribution >= 4 is 15.9 Å². The first-order chi connectivity index (χ1) is 11.2. The van der Waals surface area contributed by atoms with Crippen LogP contribution < -0.4 is 10.1 Å². The highest BCUT2D eigenvalue weighted by molar-refractivity contribution is 7.90. The SMILES string of the molecule is CS(=O)(=O)c1ncc(C#N)c(OC2CC3(CC(NC(=O)O)C3)C2)n1. The Labute approximate surface area is 138 Å². The van der Waals surface area contributed by atoms with Gasteiger partial charge in [-0.05, 0) is 31.1 Å². The van der Waals surface area contributed by atoms with Crippen LogP contribution in [-0.4, -0.2) is 48.0 Å². The number of hydrogen-bond acceptors (Lipinski definition) is 7. The van der Waals surface area contributed by atoms with Crippen LogP contribution in [0.2, 0.25) is 0 Å². The molecule has 0 aliphatic heterocycles. The minimum Gasteiger partial charge on any atom is -0.473 e. The number of carboxylic acid groups (broad SMARTS) is 1. The quantitative estimate of drug-likeness (QED) is 0.754. The number of nitrogens with zero attached hydrogens (tertiary/aromatic N) is 3. The number of rotatable bonds is 4. The largest absolute Gasteiger partial charge is 0.473 e. The standard InChI is InChI=1S/C14H16N4O5S/c1-24(21,22)12-16-7-8(6-15)11(18-12)23-10-4-14(5-10)2-9(3-14)17-13(19)20/h7,9-10,17H,2-5H2,1H3,(H,19,20). The Balaban J connectivity index is 1.63. The van der Waals surface area contributed by atoms with Gasteiger partial charge in [-0.3, -0.25) is 0 Å². The highest BCUT2D eigenvalue weighted by Gasteiger charge is 2.54. The highest BCUT2D eigenvalue weighted by Crippen LogP contribution is 2.56. The van der Waals surface area contributed by atoms with Crippen LogP contribution in [0.15, 0.2) is 11.4 Å². The van der Waals surface area contributed by atoms with Gasteiger partial charge < -0.3 is 15.2 Å². The normalized spacial score (nSPS) is 28.3. The average Bonchev–Trinajstić information content (AvgIpc) is 2.41. The van der Waals surface area contributed by atoms with Gasteiger partial charge in [0.2, 0.25) is 20.9 Å². The van der Waals surface area contributed by atoms with E-state index >= 15 is 0 Å². The second kappa shape index (κ2) is 5.59. The predicted octanol–water partition coefficient (Wildman–Crippen LogP) is 0.709. The highest BCUT2D eigenvalue weighted by atomic mass is 32.2. The van der Waals surface area contributed by atoms with Crippen molar-refractivity contribution in [3.8, 4) is 11.9 Å². The smallest absolute Gasteiger partial charge is 0.404 e. The fourth-order valence-electron chi connectivity index (χ4n) is 3.44. The molecule has 0 unspecified atom stereocenters. The number of nitriles is 1. The second-order valence-corrected chi connectivity index (χ2v) is 8.37. The van der Waals surface area contributed by atoms with Crippen molar-refractivity contribution in [2.45, 2.75) is 43.0 Å². The Morgan fingerprint density at radius 2 is 2.12 bits per heavy atom. The van der Waals surface area contributed by atoms with Crippen LogP contribution in [0.5, 0.6) is 5.88 Å². The van der Waals surface area contributed by atoms with E-state index in [1.165, 1.54) is 0 Å². The zero-order valence-electron chi connectivity index (χ0n) is 12.9. The molecule has 1 aromatic heterocycles. The molecule has 2 aliphatic rings. The van der Waals surface area contributed by atoms with Crippen LogP contribution in [0.4, 0.5) is 4.79 Å². The lowest BCUT2D eigenvalue weighted by atomic mass is 9.53. The van der Waals surface area contributed by atoms with Gasteiger partial charge in [0.15, 0.2) is 0 Å². The van der Waals surface area contributed by atoms with Gasteiger partial charge in [0.25, 0.3) is 0 Å². The third-order valence-corrected chi connectivity index (χ3v) is 5.33. The summed E-state index contributed by atoms with van der Waals surface area (Å²) in [4.78, 5) is 18.1. The number of aromatic nitrogens is 2. The third-order valence-electron chi connectivity index (χ3n) is 4.47. The minimum atomic E-state index is -3.59. The van der Waals surface area contributed by atoms with Crippen LogP contribution in [0, 0.1) is 16.7 Å². The molecule has 10 heteroatoms. The van der Waals surface area contributed by atoms with Crippen molar-refractivity contribution in [1.29, 1.82) is 5.26 Å². The zero-order valence-corrected chi connectivity index (χ0v) is 13.7. The molecule has 0 atom stereocenters. The molecule has 3 rings (SSSR count). The third kappa shape index (κ3) is 3.12. The molecule has 0 saturated heterocycles. The van der Waals surface area contributed by atoms with E-state index in [-0.39, 0.29) is 34.2 Å². The lowest BCUT2D eigenvalue weighted by Crippen LogP contribution is -2.58. The van der Waals surface area contributed by atoms with E-state index in [1.807, 2.05) is 6.07 Å². The van der Waals surface area contributed by atoms with Crippen molar-refractivity contribution in [2.75, 3.05) is 6.26 Å². The summed E-state index contributed by atoms with van der Waals surface area (Å²) in [5.74, 6) is -0.0210. The Hall–Kier alpha value is -2.41. The van der Waals surface area contributed by atoms with Gasteiger partial charge in [0, 0.05) is 12.3 Å². The molecule has 0 bridgehead atoms. The monoisotopic (exact) mass is 352 g/mol. The van der Waals surface area contributed by atoms with E-state index in [2.05, 4.69) is 15.3 Å². The fraction of sp³-hybridized carbons (Fsp3) is 0.571. The first-order valence-corrected chi connectivity index (χ1v) is 9.23. The van der Waals surface area contributed by atoms with Crippen molar-refractivity contribution < 1.29 is 23.1 Å². The van der Waals surface area contributed by atoms with Crippen LogP contribution in [0.25, 0.3) is 0 Å². The summed E-state index contributed by atoms with van der Waals surface area (Å²) in [5.41, 5.74) is 0.166. The predicted molar refractivity (Wildman–Crippen MR) is 80.1 cm³/mol. The maximum Gasteiger partial charge on any atom is 0.404 e. The Kier molecular flexibility index (Phi) is 3.83. The van der Waals surface area contributed by atoms with Crippen LogP contribution in [0.1, 0.15) is 31.2 Å². The summed E-state index contributed by atoms with van der Waals surface area (Å²) < 4.78 is 28.7. The number of carbonyl (C=O) groups is 1. The number of nitrogens with one attached hydrogen (secondary N) is 1. The van der Waals surface area contributed by atoms with Crippen LogP contribution >= 0.6 is 0 Å². The molecular weight excluding hydrogens is 336 g/mol. The summed E-state index contributed by atoms with van der Waals surface area (Å²) in [6, 6.07) is 1.87. The van der Waals surface area contributed by atoms with E-state index in [0.717, 1.165) is 38.1 Å².